The number of H-pyrrole nitrogens is 1. The Morgan fingerprint density at radius 1 is 1.03 bits per heavy atom. The van der Waals surface area contributed by atoms with E-state index in [1.807, 2.05) is 64.1 Å². The predicted octanol–water partition coefficient (Wildman–Crippen LogP) is 3.98. The van der Waals surface area contributed by atoms with Crippen molar-refractivity contribution in [1.82, 2.24) is 35.7 Å². The van der Waals surface area contributed by atoms with Crippen LogP contribution in [0.3, 0.4) is 0 Å². The highest BCUT2D eigenvalue weighted by Crippen LogP contribution is 2.26. The highest BCUT2D eigenvalue weighted by Gasteiger charge is 2.18. The summed E-state index contributed by atoms with van der Waals surface area (Å²) < 4.78 is 1.69. The van der Waals surface area contributed by atoms with Gasteiger partial charge < -0.3 is 5.32 Å². The van der Waals surface area contributed by atoms with E-state index in [0.717, 1.165) is 28.3 Å². The van der Waals surface area contributed by atoms with E-state index in [4.69, 9.17) is 0 Å². The molecule has 31 heavy (non-hydrogen) atoms. The molecule has 2 aromatic carbocycles. The van der Waals surface area contributed by atoms with Crippen LogP contribution in [-0.4, -0.2) is 36.3 Å². The second kappa shape index (κ2) is 8.51. The number of aryl methyl sites for hydroxylation is 1. The van der Waals surface area contributed by atoms with Gasteiger partial charge in [-0.15, -0.1) is 5.10 Å². The van der Waals surface area contributed by atoms with Gasteiger partial charge in [0.05, 0.1) is 17.4 Å². The maximum absolute atomic E-state index is 13.1. The number of carbonyl (C=O) groups is 1. The first kappa shape index (κ1) is 20.5. The molecule has 4 aromatic rings. The summed E-state index contributed by atoms with van der Waals surface area (Å²) in [5, 5.41) is 22.0. The number of aromatic amines is 1. The van der Waals surface area contributed by atoms with Crippen LogP contribution in [0.2, 0.25) is 0 Å². The van der Waals surface area contributed by atoms with Crippen LogP contribution in [0.5, 0.6) is 0 Å². The molecule has 0 saturated heterocycles. The normalized spacial score (nSPS) is 12.2. The Bertz CT molecular complexity index is 1180. The van der Waals surface area contributed by atoms with E-state index in [-0.39, 0.29) is 17.9 Å². The second-order valence-corrected chi connectivity index (χ2v) is 7.95. The lowest BCUT2D eigenvalue weighted by Crippen LogP contribution is -2.27. The Morgan fingerprint density at radius 3 is 2.48 bits per heavy atom. The van der Waals surface area contributed by atoms with Crippen molar-refractivity contribution in [2.45, 2.75) is 39.7 Å². The largest absolute Gasteiger partial charge is 0.344 e. The molecule has 0 bridgehead atoms. The first-order chi connectivity index (χ1) is 14.9. The fraction of sp³-hybridized carbons (Fsp3) is 0.261. The summed E-state index contributed by atoms with van der Waals surface area (Å²) in [5.74, 6) is 0.686. The number of nitrogens with zero attached hydrogens (tertiary/aromatic N) is 5. The van der Waals surface area contributed by atoms with Crippen molar-refractivity contribution in [3.05, 3.63) is 77.4 Å². The zero-order valence-corrected chi connectivity index (χ0v) is 18.0. The molecule has 2 aromatic heterocycles. The highest BCUT2D eigenvalue weighted by molar-refractivity contribution is 5.96. The Morgan fingerprint density at radius 2 is 1.81 bits per heavy atom. The van der Waals surface area contributed by atoms with Crippen LogP contribution < -0.4 is 5.32 Å². The van der Waals surface area contributed by atoms with Gasteiger partial charge in [0.25, 0.3) is 5.91 Å². The average Bonchev–Trinajstić information content (AvgIpc) is 3.46. The van der Waals surface area contributed by atoms with Crippen molar-refractivity contribution < 1.29 is 4.79 Å². The summed E-state index contributed by atoms with van der Waals surface area (Å²) in [6.07, 6.45) is 1.67. The molecule has 158 valence electrons. The van der Waals surface area contributed by atoms with Crippen molar-refractivity contribution in [2.24, 2.45) is 0 Å². The van der Waals surface area contributed by atoms with E-state index in [0.29, 0.717) is 5.56 Å². The van der Waals surface area contributed by atoms with E-state index < -0.39 is 0 Å². The molecule has 0 aliphatic rings. The molecule has 1 amide bonds. The molecule has 0 aliphatic heterocycles. The molecule has 4 rings (SSSR count). The number of nitrogens with one attached hydrogen (secondary N) is 2. The molecular formula is C23H25N7O. The molecule has 0 aliphatic carbocycles. The number of hydrogen-bond donors (Lipinski definition) is 2. The van der Waals surface area contributed by atoms with E-state index >= 15 is 0 Å². The van der Waals surface area contributed by atoms with Crippen molar-refractivity contribution in [2.75, 3.05) is 0 Å². The van der Waals surface area contributed by atoms with E-state index in [2.05, 4.69) is 43.2 Å². The quantitative estimate of drug-likeness (QED) is 0.496. The van der Waals surface area contributed by atoms with Crippen LogP contribution in [0.15, 0.2) is 54.7 Å². The smallest absolute Gasteiger partial charge is 0.251 e. The van der Waals surface area contributed by atoms with Gasteiger partial charge in [0.15, 0.2) is 5.82 Å². The maximum atomic E-state index is 13.1. The van der Waals surface area contributed by atoms with Crippen molar-refractivity contribution in [1.29, 1.82) is 0 Å². The minimum Gasteiger partial charge on any atom is -0.344 e. The number of rotatable bonds is 6. The summed E-state index contributed by atoms with van der Waals surface area (Å²) in [4.78, 5) is 13.1. The first-order valence-corrected chi connectivity index (χ1v) is 10.2. The average molecular weight is 416 g/mol. The Labute approximate surface area is 180 Å². The van der Waals surface area contributed by atoms with E-state index in [1.54, 1.807) is 10.9 Å². The van der Waals surface area contributed by atoms with Crippen molar-refractivity contribution >= 4 is 5.91 Å². The monoisotopic (exact) mass is 415 g/mol. The van der Waals surface area contributed by atoms with Gasteiger partial charge in [-0.25, -0.2) is 0 Å². The second-order valence-electron chi connectivity index (χ2n) is 7.95. The molecule has 1 unspecified atom stereocenters. The fourth-order valence-electron chi connectivity index (χ4n) is 3.38. The number of tetrazole rings is 1. The zero-order chi connectivity index (χ0) is 22.0. The third-order valence-electron chi connectivity index (χ3n) is 5.16. The summed E-state index contributed by atoms with van der Waals surface area (Å²) in [5.41, 5.74) is 5.22. The third-order valence-corrected chi connectivity index (χ3v) is 5.16. The van der Waals surface area contributed by atoms with Crippen LogP contribution in [0.4, 0.5) is 0 Å². The first-order valence-electron chi connectivity index (χ1n) is 10.2. The molecule has 8 nitrogen and oxygen atoms in total. The number of hydrogen-bond acceptors (Lipinski definition) is 5. The summed E-state index contributed by atoms with van der Waals surface area (Å²) >= 11 is 0. The number of aromatic nitrogens is 6. The SMILES string of the molecule is Cc1ccc(-c2cc(C(=O)NC(C)c3ccn[nH]3)cc(-n3nnnc3C(C)C)c2)cc1. The lowest BCUT2D eigenvalue weighted by atomic mass is 10.00. The summed E-state index contributed by atoms with van der Waals surface area (Å²) in [6.45, 7) is 8.03. The van der Waals surface area contributed by atoms with Crippen LogP contribution in [-0.2, 0) is 0 Å². The number of amides is 1. The molecule has 2 heterocycles. The molecule has 2 N–H and O–H groups in total. The van der Waals surface area contributed by atoms with Crippen molar-refractivity contribution in [3.63, 3.8) is 0 Å². The molecular weight excluding hydrogens is 390 g/mol. The number of benzene rings is 2. The van der Waals surface area contributed by atoms with Gasteiger partial charge in [-0.3, -0.25) is 9.89 Å². The standard InChI is InChI=1S/C23H25N7O/c1-14(2)22-27-28-29-30(22)20-12-18(17-7-5-15(3)6-8-17)11-19(13-20)23(31)25-16(4)21-9-10-24-26-21/h5-14,16H,1-4H3,(H,24,26)(H,25,31). The van der Waals surface area contributed by atoms with E-state index in [9.17, 15) is 4.79 Å². The topological polar surface area (TPSA) is 101 Å². The minimum absolute atomic E-state index is 0.135. The zero-order valence-electron chi connectivity index (χ0n) is 18.0. The van der Waals surface area contributed by atoms with Crippen molar-refractivity contribution in [3.8, 4) is 16.8 Å². The molecule has 0 saturated carbocycles. The predicted molar refractivity (Wildman–Crippen MR) is 118 cm³/mol. The molecule has 0 radical (unpaired) electrons. The molecule has 0 fully saturated rings. The Kier molecular flexibility index (Phi) is 5.62. The van der Waals surface area contributed by atoms with E-state index in [1.165, 1.54) is 5.56 Å². The Hall–Kier alpha value is -3.81. The van der Waals surface area contributed by atoms with Crippen LogP contribution in [0.1, 0.15) is 60.2 Å². The molecule has 1 atom stereocenters. The van der Waals surface area contributed by atoms with Gasteiger partial charge in [-0.2, -0.15) is 9.78 Å². The van der Waals surface area contributed by atoms with Gasteiger partial charge in [0.2, 0.25) is 0 Å². The maximum Gasteiger partial charge on any atom is 0.251 e. The fourth-order valence-corrected chi connectivity index (χ4v) is 3.38. The van der Waals surface area contributed by atoms with Crippen LogP contribution in [0.25, 0.3) is 16.8 Å². The lowest BCUT2D eigenvalue weighted by Gasteiger charge is -2.15. The molecule has 8 heteroatoms. The Balaban J connectivity index is 1.76. The molecule has 0 spiro atoms. The minimum atomic E-state index is -0.208. The summed E-state index contributed by atoms with van der Waals surface area (Å²) in [7, 11) is 0. The number of carbonyl (C=O) groups excluding carboxylic acids is 1. The highest BCUT2D eigenvalue weighted by atomic mass is 16.1. The van der Waals surface area contributed by atoms with Crippen LogP contribution >= 0.6 is 0 Å². The van der Waals surface area contributed by atoms with Gasteiger partial charge in [0, 0.05) is 17.7 Å². The third kappa shape index (κ3) is 4.37. The van der Waals surface area contributed by atoms with Gasteiger partial charge >= 0.3 is 0 Å². The van der Waals surface area contributed by atoms with Gasteiger partial charge in [0.1, 0.15) is 0 Å². The van der Waals surface area contributed by atoms with Gasteiger partial charge in [-0.05, 0) is 59.7 Å². The summed E-state index contributed by atoms with van der Waals surface area (Å²) in [6, 6.07) is 15.5. The lowest BCUT2D eigenvalue weighted by molar-refractivity contribution is 0.0939. The van der Waals surface area contributed by atoms with Gasteiger partial charge in [-0.1, -0.05) is 43.7 Å². The van der Waals surface area contributed by atoms with Crippen LogP contribution in [0, 0.1) is 6.92 Å².